The number of nitrogens with one attached hydrogen (secondary N) is 1. The first-order chi connectivity index (χ1) is 14.3. The molecule has 0 saturated carbocycles. The average Bonchev–Trinajstić information content (AvgIpc) is 2.75. The standard InChI is InChI=1S/C22H22N2O5S/c1-14-12-19(22(25)24-26)18(13-15-6-4-3-5-7-15)20(23)21(14)30(27,28)17-10-8-16(29-2)9-11-17/h3-12,26H,13,23H2,1-2H3,(H,24,25). The van der Waals surface area contributed by atoms with Crippen LogP contribution in [0.15, 0.2) is 70.5 Å². The lowest BCUT2D eigenvalue weighted by atomic mass is 9.95. The molecule has 3 rings (SSSR count). The van der Waals surface area contributed by atoms with E-state index in [1.165, 1.54) is 25.3 Å². The first-order valence-corrected chi connectivity index (χ1v) is 10.6. The van der Waals surface area contributed by atoms with E-state index in [0.717, 1.165) is 5.56 Å². The molecule has 0 aliphatic carbocycles. The summed E-state index contributed by atoms with van der Waals surface area (Å²) in [4.78, 5) is 12.2. The maximum Gasteiger partial charge on any atom is 0.275 e. The number of carbonyl (C=O) groups excluding carboxylic acids is 1. The number of hydrogen-bond acceptors (Lipinski definition) is 6. The lowest BCUT2D eigenvalue weighted by molar-refractivity contribution is 0.0705. The highest BCUT2D eigenvalue weighted by molar-refractivity contribution is 7.91. The van der Waals surface area contributed by atoms with E-state index in [9.17, 15) is 13.2 Å². The minimum atomic E-state index is -3.96. The van der Waals surface area contributed by atoms with Crippen molar-refractivity contribution in [2.24, 2.45) is 0 Å². The fraction of sp³-hybridized carbons (Fsp3) is 0.136. The Labute approximate surface area is 175 Å². The van der Waals surface area contributed by atoms with Gasteiger partial charge in [-0.25, -0.2) is 13.9 Å². The number of benzene rings is 3. The normalized spacial score (nSPS) is 11.2. The fourth-order valence-corrected chi connectivity index (χ4v) is 4.97. The Balaban J connectivity index is 2.22. The maximum absolute atomic E-state index is 13.4. The molecule has 0 heterocycles. The predicted octanol–water partition coefficient (Wildman–Crippen LogP) is 3.13. The summed E-state index contributed by atoms with van der Waals surface area (Å²) in [6.07, 6.45) is 0.223. The van der Waals surface area contributed by atoms with Crippen molar-refractivity contribution >= 4 is 21.4 Å². The predicted molar refractivity (Wildman–Crippen MR) is 113 cm³/mol. The summed E-state index contributed by atoms with van der Waals surface area (Å²) in [5, 5.41) is 9.15. The molecule has 30 heavy (non-hydrogen) atoms. The highest BCUT2D eigenvalue weighted by atomic mass is 32.2. The highest BCUT2D eigenvalue weighted by Crippen LogP contribution is 2.35. The van der Waals surface area contributed by atoms with Crippen LogP contribution in [0.1, 0.15) is 27.0 Å². The van der Waals surface area contributed by atoms with Crippen molar-refractivity contribution in [1.29, 1.82) is 0 Å². The number of hydroxylamine groups is 1. The van der Waals surface area contributed by atoms with E-state index >= 15 is 0 Å². The number of hydrogen-bond donors (Lipinski definition) is 3. The number of carbonyl (C=O) groups is 1. The third-order valence-corrected chi connectivity index (χ3v) is 6.79. The molecule has 1 amide bonds. The van der Waals surface area contributed by atoms with E-state index in [1.807, 2.05) is 30.3 Å². The molecule has 4 N–H and O–H groups in total. The zero-order valence-electron chi connectivity index (χ0n) is 16.5. The van der Waals surface area contributed by atoms with Gasteiger partial charge in [-0.05, 0) is 53.9 Å². The van der Waals surface area contributed by atoms with Crippen LogP contribution >= 0.6 is 0 Å². The average molecular weight is 426 g/mol. The van der Waals surface area contributed by atoms with Crippen molar-refractivity contribution < 1.29 is 23.2 Å². The minimum Gasteiger partial charge on any atom is -0.497 e. The van der Waals surface area contributed by atoms with Crippen LogP contribution < -0.4 is 16.0 Å². The van der Waals surface area contributed by atoms with Crippen LogP contribution in [0.4, 0.5) is 5.69 Å². The van der Waals surface area contributed by atoms with E-state index in [2.05, 4.69) is 0 Å². The Morgan fingerprint density at radius 3 is 2.30 bits per heavy atom. The quantitative estimate of drug-likeness (QED) is 0.317. The van der Waals surface area contributed by atoms with E-state index in [-0.39, 0.29) is 27.5 Å². The number of ether oxygens (including phenoxy) is 1. The van der Waals surface area contributed by atoms with Gasteiger partial charge in [0.25, 0.3) is 5.91 Å². The second kappa shape index (κ2) is 8.56. The van der Waals surface area contributed by atoms with Crippen molar-refractivity contribution in [2.75, 3.05) is 12.8 Å². The van der Waals surface area contributed by atoms with Gasteiger partial charge in [0.15, 0.2) is 0 Å². The van der Waals surface area contributed by atoms with Gasteiger partial charge < -0.3 is 10.5 Å². The number of amides is 1. The molecule has 0 unspecified atom stereocenters. The Hall–Kier alpha value is -3.36. The van der Waals surface area contributed by atoms with Gasteiger partial charge in [0.05, 0.1) is 22.6 Å². The third-order valence-electron chi connectivity index (χ3n) is 4.82. The Kier molecular flexibility index (Phi) is 6.09. The summed E-state index contributed by atoms with van der Waals surface area (Å²) < 4.78 is 31.8. The Bertz CT molecular complexity index is 1170. The summed E-state index contributed by atoms with van der Waals surface area (Å²) in [6.45, 7) is 1.56. The van der Waals surface area contributed by atoms with Gasteiger partial charge >= 0.3 is 0 Å². The molecule has 0 fully saturated rings. The number of rotatable bonds is 6. The Morgan fingerprint density at radius 1 is 1.10 bits per heavy atom. The molecule has 0 spiro atoms. The topological polar surface area (TPSA) is 119 Å². The van der Waals surface area contributed by atoms with Gasteiger partial charge in [-0.3, -0.25) is 10.0 Å². The van der Waals surface area contributed by atoms with Crippen molar-refractivity contribution in [3.63, 3.8) is 0 Å². The Morgan fingerprint density at radius 2 is 1.73 bits per heavy atom. The molecule has 0 aliphatic rings. The summed E-state index contributed by atoms with van der Waals surface area (Å²) in [6, 6.07) is 16.6. The maximum atomic E-state index is 13.4. The zero-order valence-corrected chi connectivity index (χ0v) is 17.4. The summed E-state index contributed by atoms with van der Waals surface area (Å²) in [7, 11) is -2.47. The lowest BCUT2D eigenvalue weighted by Crippen LogP contribution is -2.22. The molecule has 3 aromatic carbocycles. The number of sulfone groups is 1. The molecular weight excluding hydrogens is 404 g/mol. The SMILES string of the molecule is COc1ccc(S(=O)(=O)c2c(C)cc(C(=O)NO)c(Cc3ccccc3)c2N)cc1. The molecular formula is C22H22N2O5S. The summed E-state index contributed by atoms with van der Waals surface area (Å²) in [5.41, 5.74) is 9.51. The smallest absolute Gasteiger partial charge is 0.275 e. The van der Waals surface area contributed by atoms with Crippen LogP contribution in [0.2, 0.25) is 0 Å². The molecule has 0 aromatic heterocycles. The summed E-state index contributed by atoms with van der Waals surface area (Å²) >= 11 is 0. The first-order valence-electron chi connectivity index (χ1n) is 9.09. The van der Waals surface area contributed by atoms with Gasteiger partial charge in [0.2, 0.25) is 9.84 Å². The second-order valence-corrected chi connectivity index (χ2v) is 8.63. The largest absolute Gasteiger partial charge is 0.497 e. The number of anilines is 1. The number of methoxy groups -OCH3 is 1. The molecule has 8 heteroatoms. The van der Waals surface area contributed by atoms with Gasteiger partial charge in [0.1, 0.15) is 5.75 Å². The monoisotopic (exact) mass is 426 g/mol. The molecule has 7 nitrogen and oxygen atoms in total. The molecule has 0 bridgehead atoms. The molecule has 0 saturated heterocycles. The van der Waals surface area contributed by atoms with Gasteiger partial charge in [-0.1, -0.05) is 30.3 Å². The summed E-state index contributed by atoms with van der Waals surface area (Å²) in [5.74, 6) is -0.234. The van der Waals surface area contributed by atoms with Gasteiger partial charge in [-0.15, -0.1) is 0 Å². The van der Waals surface area contributed by atoms with Crippen LogP contribution in [0.5, 0.6) is 5.75 Å². The van der Waals surface area contributed by atoms with Gasteiger partial charge in [0, 0.05) is 12.0 Å². The van der Waals surface area contributed by atoms with Crippen LogP contribution in [-0.4, -0.2) is 26.6 Å². The lowest BCUT2D eigenvalue weighted by Gasteiger charge is -2.18. The molecule has 3 aromatic rings. The number of aryl methyl sites for hydroxylation is 1. The van der Waals surface area contributed by atoms with E-state index in [0.29, 0.717) is 16.9 Å². The molecule has 0 atom stereocenters. The molecule has 156 valence electrons. The van der Waals surface area contributed by atoms with Crippen LogP contribution in [0, 0.1) is 6.92 Å². The van der Waals surface area contributed by atoms with Crippen molar-refractivity contribution in [3.8, 4) is 5.75 Å². The van der Waals surface area contributed by atoms with Crippen molar-refractivity contribution in [3.05, 3.63) is 82.9 Å². The van der Waals surface area contributed by atoms with E-state index in [1.54, 1.807) is 24.5 Å². The number of nitrogens with two attached hydrogens (primary N) is 1. The third kappa shape index (κ3) is 4.00. The van der Waals surface area contributed by atoms with Crippen molar-refractivity contribution in [1.82, 2.24) is 5.48 Å². The van der Waals surface area contributed by atoms with Gasteiger partial charge in [-0.2, -0.15) is 0 Å². The minimum absolute atomic E-state index is 0.0201. The molecule has 0 radical (unpaired) electrons. The van der Waals surface area contributed by atoms with E-state index in [4.69, 9.17) is 15.7 Å². The molecule has 0 aliphatic heterocycles. The van der Waals surface area contributed by atoms with Crippen LogP contribution in [0.3, 0.4) is 0 Å². The first kappa shape index (κ1) is 21.4. The van der Waals surface area contributed by atoms with Crippen molar-refractivity contribution in [2.45, 2.75) is 23.1 Å². The number of nitrogen functional groups attached to an aromatic ring is 1. The van der Waals surface area contributed by atoms with E-state index < -0.39 is 15.7 Å². The van der Waals surface area contributed by atoms with Crippen LogP contribution in [0.25, 0.3) is 0 Å². The fourth-order valence-electron chi connectivity index (χ4n) is 3.35. The zero-order chi connectivity index (χ0) is 21.9. The second-order valence-electron chi connectivity index (χ2n) is 6.74. The van der Waals surface area contributed by atoms with Crippen LogP contribution in [-0.2, 0) is 16.3 Å². The highest BCUT2D eigenvalue weighted by Gasteiger charge is 2.28.